The van der Waals surface area contributed by atoms with Gasteiger partial charge in [0.1, 0.15) is 35.0 Å². The number of ether oxygens (including phenoxy) is 1. The molecule has 4 heterocycles. The number of fused-ring (bicyclic) bond motifs is 1. The number of nitrogens with zero attached hydrogens (tertiary/aromatic N) is 5. The van der Waals surface area contributed by atoms with Crippen molar-refractivity contribution in [2.45, 2.75) is 34.9 Å². The van der Waals surface area contributed by atoms with Gasteiger partial charge in [-0.05, 0) is 69.3 Å². The van der Waals surface area contributed by atoms with Crippen molar-refractivity contribution in [2.75, 3.05) is 16.8 Å². The lowest BCUT2D eigenvalue weighted by atomic mass is 9.77. The van der Waals surface area contributed by atoms with E-state index in [1.54, 1.807) is 29.6 Å². The largest absolute Gasteiger partial charge is 0.504 e. The summed E-state index contributed by atoms with van der Waals surface area (Å²) in [6, 6.07) is 58.2. The Morgan fingerprint density at radius 3 is 1.99 bits per heavy atom. The molecule has 9 aromatic rings. The molecule has 0 unspecified atom stereocenters. The van der Waals surface area contributed by atoms with Gasteiger partial charge in [-0.1, -0.05) is 181 Å². The molecule has 81 heavy (non-hydrogen) atoms. The fourth-order valence-electron chi connectivity index (χ4n) is 9.50. The smallest absolute Gasteiger partial charge is 0.352 e. The minimum Gasteiger partial charge on any atom is -0.504 e. The molecule has 0 spiro atoms. The molecular weight excluding hydrogens is 1090 g/mol. The summed E-state index contributed by atoms with van der Waals surface area (Å²) in [6.45, 7) is -0.194. The van der Waals surface area contributed by atoms with Crippen LogP contribution >= 0.6 is 34.9 Å². The molecule has 0 radical (unpaired) electrons. The molecule has 0 bridgehead atoms. The van der Waals surface area contributed by atoms with E-state index in [2.05, 4.69) is 26.0 Å². The second kappa shape index (κ2) is 23.8. The summed E-state index contributed by atoms with van der Waals surface area (Å²) in [7, 11) is 0. The van der Waals surface area contributed by atoms with E-state index in [4.69, 9.17) is 19.0 Å². The van der Waals surface area contributed by atoms with Crippen LogP contribution in [0.5, 0.6) is 11.5 Å². The Balaban J connectivity index is 0.860. The first-order valence-corrected chi connectivity index (χ1v) is 28.2. The molecule has 2 atom stereocenters. The fraction of sp³-hybridized carbons (Fsp3) is 0.115. The molecule has 1 fully saturated rings. The second-order valence-corrected chi connectivity index (χ2v) is 21.4. The average molecular weight is 1130 g/mol. The van der Waals surface area contributed by atoms with Crippen molar-refractivity contribution in [3.8, 4) is 23.0 Å². The number of thioether (sulfide) groups is 2. The first-order valence-electron chi connectivity index (χ1n) is 25.2. The van der Waals surface area contributed by atoms with Gasteiger partial charge in [0.15, 0.2) is 28.4 Å². The van der Waals surface area contributed by atoms with Crippen molar-refractivity contribution >= 4 is 69.5 Å². The zero-order chi connectivity index (χ0) is 55.9. The summed E-state index contributed by atoms with van der Waals surface area (Å²) >= 11 is 3.57. The molecule has 20 heteroatoms. The molecule has 5 N–H and O–H groups in total. The van der Waals surface area contributed by atoms with Crippen molar-refractivity contribution in [3.63, 3.8) is 0 Å². The lowest BCUT2D eigenvalue weighted by Gasteiger charge is -2.49. The van der Waals surface area contributed by atoms with Crippen molar-refractivity contribution < 1.29 is 48.5 Å². The summed E-state index contributed by atoms with van der Waals surface area (Å²) in [5.74, 6) is -3.73. The van der Waals surface area contributed by atoms with Crippen molar-refractivity contribution in [1.82, 2.24) is 25.4 Å². The van der Waals surface area contributed by atoms with Gasteiger partial charge in [0, 0.05) is 22.4 Å². The lowest BCUT2D eigenvalue weighted by molar-refractivity contribution is -0.150. The number of oxime groups is 1. The lowest BCUT2D eigenvalue weighted by Crippen LogP contribution is -2.71. The number of aromatic nitrogens is 3. The number of carbonyl (C=O) groups excluding carboxylic acids is 3. The number of rotatable bonds is 20. The van der Waals surface area contributed by atoms with Crippen molar-refractivity contribution in [3.05, 3.63) is 255 Å². The van der Waals surface area contributed by atoms with Crippen LogP contribution in [0.1, 0.15) is 55.5 Å². The first kappa shape index (κ1) is 53.5. The summed E-state index contributed by atoms with van der Waals surface area (Å²) in [4.78, 5) is 67.6. The number of hydrogen-bond donors (Lipinski definition) is 5. The van der Waals surface area contributed by atoms with E-state index in [0.29, 0.717) is 21.8 Å². The predicted octanol–water partition coefficient (Wildman–Crippen LogP) is 10.4. The van der Waals surface area contributed by atoms with Crippen LogP contribution in [0.3, 0.4) is 0 Å². The van der Waals surface area contributed by atoms with E-state index in [1.165, 1.54) is 41.3 Å². The molecule has 2 amide bonds. The highest BCUT2D eigenvalue weighted by Crippen LogP contribution is 2.43. The average Bonchev–Trinajstić information content (AvgIpc) is 4.20. The third-order valence-corrected chi connectivity index (χ3v) is 16.4. The number of carboxylic acids is 1. The van der Waals surface area contributed by atoms with Crippen molar-refractivity contribution in [2.24, 2.45) is 5.16 Å². The number of aliphatic carboxylic acids is 1. The summed E-state index contributed by atoms with van der Waals surface area (Å²) in [5.41, 5.74) is 4.56. The van der Waals surface area contributed by atoms with Crippen LogP contribution < -0.4 is 10.6 Å². The van der Waals surface area contributed by atoms with Gasteiger partial charge in [-0.15, -0.1) is 33.3 Å². The Labute approximate surface area is 476 Å². The number of nitrogens with one attached hydrogen (secondary N) is 2. The van der Waals surface area contributed by atoms with Gasteiger partial charge >= 0.3 is 11.9 Å². The fourth-order valence-corrected chi connectivity index (χ4v) is 12.5. The standard InChI is InChI=1S/C61H47N7O10S3/c69-47-30-29-40(32-48(47)70)54-65-66-60(78-54)81-35-42-34-79-56-50(55(72)68(56)51(42)57(73)74)63-53(71)49(67-76-33-37-17-16-22-41(31-37)58(75)77-52(38-18-6-1-7-19-38)39-20-8-2-9-21-39)46-36-80-59(62-46)64-61(43-23-10-3-11-24-43,44-25-12-4-13-26-44)45-27-14-5-15-28-45/h1-32,36,50,52,56,69-70H,33-35H2,(H,62,64)(H,63,71)(H,73,74)/t50-,56+/m1/s1. The van der Waals surface area contributed by atoms with Gasteiger partial charge in [0.05, 0.1) is 5.56 Å². The highest BCUT2D eigenvalue weighted by molar-refractivity contribution is 8.01. The Kier molecular flexibility index (Phi) is 15.8. The van der Waals surface area contributed by atoms with Crippen LogP contribution in [0, 0.1) is 0 Å². The summed E-state index contributed by atoms with van der Waals surface area (Å²) in [6.07, 6.45) is -0.677. The third kappa shape index (κ3) is 11.4. The Morgan fingerprint density at radius 1 is 0.765 bits per heavy atom. The molecule has 2 aromatic heterocycles. The van der Waals surface area contributed by atoms with Crippen LogP contribution in [0.2, 0.25) is 0 Å². The highest BCUT2D eigenvalue weighted by Gasteiger charge is 2.54. The SMILES string of the molecule is O=C(O)C1=C(CSc2nnc(-c3ccc(O)c(O)c3)o2)CS[C@H]2[C@H](NC(=O)C(=NOCc3cccc(C(=O)OC(c4ccccc4)c4ccccc4)c3)c3csc(NC(c4ccccc4)(c4ccccc4)c4ccccc4)n3)C(=O)N12. The number of anilines is 1. The molecular formula is C61H47N7O10S3. The van der Waals surface area contributed by atoms with Gasteiger partial charge in [0.2, 0.25) is 5.89 Å². The zero-order valence-corrected chi connectivity index (χ0v) is 45.0. The monoisotopic (exact) mass is 1130 g/mol. The number of esters is 1. The van der Waals surface area contributed by atoms with Gasteiger partial charge < -0.3 is 39.9 Å². The number of amides is 2. The van der Waals surface area contributed by atoms with E-state index < -0.39 is 46.8 Å². The molecule has 11 rings (SSSR count). The Hall–Kier alpha value is -9.50. The Bertz CT molecular complexity index is 3680. The molecule has 0 aliphatic carbocycles. The van der Waals surface area contributed by atoms with Gasteiger partial charge in [0.25, 0.3) is 17.0 Å². The normalized spacial score (nSPS) is 15.1. The third-order valence-electron chi connectivity index (χ3n) is 13.4. The van der Waals surface area contributed by atoms with Gasteiger partial charge in [-0.3, -0.25) is 14.5 Å². The van der Waals surface area contributed by atoms with E-state index in [9.17, 15) is 34.5 Å². The summed E-state index contributed by atoms with van der Waals surface area (Å²) in [5, 5.41) is 50.5. The van der Waals surface area contributed by atoms with E-state index in [-0.39, 0.29) is 63.4 Å². The molecule has 2 aliphatic heterocycles. The van der Waals surface area contributed by atoms with Crippen LogP contribution in [0.4, 0.5) is 5.13 Å². The molecule has 0 saturated carbocycles. The number of phenols is 2. The number of benzene rings is 7. The molecule has 17 nitrogen and oxygen atoms in total. The van der Waals surface area contributed by atoms with Gasteiger partial charge in [-0.2, -0.15) is 0 Å². The van der Waals surface area contributed by atoms with E-state index >= 15 is 0 Å². The number of carboxylic acid groups (broad SMARTS) is 1. The van der Waals surface area contributed by atoms with Crippen LogP contribution in [0.15, 0.2) is 226 Å². The number of phenolic OH excluding ortho intramolecular Hbond substituents is 2. The van der Waals surface area contributed by atoms with E-state index in [1.807, 2.05) is 152 Å². The summed E-state index contributed by atoms with van der Waals surface area (Å²) < 4.78 is 11.9. The molecule has 2 aliphatic rings. The molecule has 7 aromatic carbocycles. The number of β-lactam (4-membered cyclic amide) rings is 1. The number of aromatic hydroxyl groups is 2. The van der Waals surface area contributed by atoms with Crippen LogP contribution in [-0.4, -0.2) is 87.8 Å². The second-order valence-electron chi connectivity index (χ2n) is 18.5. The predicted molar refractivity (Wildman–Crippen MR) is 306 cm³/mol. The number of carbonyl (C=O) groups is 4. The maximum Gasteiger partial charge on any atom is 0.352 e. The topological polar surface area (TPSA) is 239 Å². The molecule has 404 valence electrons. The van der Waals surface area contributed by atoms with Crippen LogP contribution in [-0.2, 0) is 36.1 Å². The quantitative estimate of drug-likeness (QED) is 0.00907. The van der Waals surface area contributed by atoms with E-state index in [0.717, 1.165) is 44.5 Å². The minimum absolute atomic E-state index is 0.0660. The highest BCUT2D eigenvalue weighted by atomic mass is 32.2. The van der Waals surface area contributed by atoms with Crippen LogP contribution in [0.25, 0.3) is 11.5 Å². The minimum atomic E-state index is -1.33. The number of thiazole rings is 1. The maximum absolute atomic E-state index is 14.7. The zero-order valence-electron chi connectivity index (χ0n) is 42.6. The Morgan fingerprint density at radius 2 is 1.38 bits per heavy atom. The van der Waals surface area contributed by atoms with Gasteiger partial charge in [-0.25, -0.2) is 14.6 Å². The first-order chi connectivity index (χ1) is 39.5. The maximum atomic E-state index is 14.7. The molecule has 1 saturated heterocycles. The van der Waals surface area contributed by atoms with Crippen molar-refractivity contribution in [1.29, 1.82) is 0 Å². The number of hydrogen-bond acceptors (Lipinski definition) is 17.